The van der Waals surface area contributed by atoms with Crippen LogP contribution in [-0.2, 0) is 16.3 Å². The molecule has 0 aliphatic heterocycles. The Bertz CT molecular complexity index is 1240. The number of benzene rings is 2. The summed E-state index contributed by atoms with van der Waals surface area (Å²) in [6.45, 7) is 1.87. The molecule has 0 aliphatic rings. The van der Waals surface area contributed by atoms with Crippen LogP contribution in [0.5, 0.6) is 0 Å². The van der Waals surface area contributed by atoms with Crippen molar-refractivity contribution in [3.8, 4) is 0 Å². The molecule has 3 rings (SSSR count). The van der Waals surface area contributed by atoms with E-state index in [1.54, 1.807) is 0 Å². The van der Waals surface area contributed by atoms with Crippen LogP contribution in [0.25, 0.3) is 10.9 Å². The van der Waals surface area contributed by atoms with E-state index >= 15 is 0 Å². The second kappa shape index (κ2) is 9.16. The van der Waals surface area contributed by atoms with Crippen LogP contribution in [0, 0.1) is 0 Å². The largest absolute Gasteiger partial charge is 0.522 e. The fourth-order valence-electron chi connectivity index (χ4n) is 2.41. The van der Waals surface area contributed by atoms with Gasteiger partial charge in [0.05, 0.1) is 22.5 Å². The van der Waals surface area contributed by atoms with Crippen molar-refractivity contribution >= 4 is 27.0 Å². The van der Waals surface area contributed by atoms with Crippen molar-refractivity contribution in [1.82, 2.24) is 9.97 Å². The highest BCUT2D eigenvalue weighted by atomic mass is 32.2. The molecule has 0 spiro atoms. The van der Waals surface area contributed by atoms with Gasteiger partial charge >= 0.3 is 21.8 Å². The van der Waals surface area contributed by atoms with E-state index in [1.165, 1.54) is 0 Å². The Morgan fingerprint density at radius 2 is 1.59 bits per heavy atom. The molecule has 0 bridgehead atoms. The van der Waals surface area contributed by atoms with Gasteiger partial charge in [-0.1, -0.05) is 30.3 Å². The van der Waals surface area contributed by atoms with E-state index in [2.05, 4.69) is 15.3 Å². The summed E-state index contributed by atoms with van der Waals surface area (Å²) in [6.07, 6.45) is -4.48. The van der Waals surface area contributed by atoms with Crippen molar-refractivity contribution in [2.24, 2.45) is 0 Å². The third-order valence-electron chi connectivity index (χ3n) is 3.98. The molecule has 3 aromatic rings. The van der Waals surface area contributed by atoms with Crippen molar-refractivity contribution in [2.45, 2.75) is 24.7 Å². The fourth-order valence-corrected chi connectivity index (χ4v) is 2.41. The fraction of sp³-hybridized carbons (Fsp3) is 0.222. The van der Waals surface area contributed by atoms with E-state index in [1.807, 2.05) is 37.3 Å². The van der Waals surface area contributed by atoms with E-state index in [0.29, 0.717) is 0 Å². The van der Waals surface area contributed by atoms with Gasteiger partial charge in [0.1, 0.15) is 0 Å². The van der Waals surface area contributed by atoms with Gasteiger partial charge in [-0.05, 0) is 30.7 Å². The number of aromatic amines is 1. The predicted molar refractivity (Wildman–Crippen MR) is 103 cm³/mol. The van der Waals surface area contributed by atoms with Crippen LogP contribution in [0.3, 0.4) is 0 Å². The Kier molecular flexibility index (Phi) is 7.19. The van der Waals surface area contributed by atoms with Gasteiger partial charge in [-0.3, -0.25) is 14.3 Å². The number of hydrogen-bond donors (Lipinski definition) is 3. The number of nitrogens with zero attached hydrogens (tertiary/aromatic N) is 1. The van der Waals surface area contributed by atoms with Crippen LogP contribution in [0.1, 0.15) is 24.1 Å². The lowest BCUT2D eigenvalue weighted by molar-refractivity contribution is -0.137. The van der Waals surface area contributed by atoms with Crippen LogP contribution in [0.4, 0.5) is 32.3 Å². The number of nitrogens with one attached hydrogen (secondary N) is 2. The van der Waals surface area contributed by atoms with Gasteiger partial charge in [0.15, 0.2) is 0 Å². The minimum atomic E-state index is -5.84. The van der Waals surface area contributed by atoms with Crippen molar-refractivity contribution in [1.29, 1.82) is 0 Å². The summed E-state index contributed by atoms with van der Waals surface area (Å²) in [7, 11) is -5.84. The average molecular weight is 483 g/mol. The van der Waals surface area contributed by atoms with Gasteiger partial charge in [-0.15, -0.1) is 0 Å². The summed E-state index contributed by atoms with van der Waals surface area (Å²) >= 11 is 0. The third-order valence-corrected chi connectivity index (χ3v) is 4.56. The van der Waals surface area contributed by atoms with Crippen molar-refractivity contribution in [3.05, 3.63) is 70.0 Å². The van der Waals surface area contributed by atoms with Crippen molar-refractivity contribution in [3.63, 3.8) is 0 Å². The Morgan fingerprint density at radius 3 is 2.09 bits per heavy atom. The van der Waals surface area contributed by atoms with Crippen LogP contribution in [0.15, 0.2) is 53.3 Å². The highest BCUT2D eigenvalue weighted by Gasteiger charge is 2.44. The molecule has 0 aliphatic carbocycles. The zero-order valence-corrected chi connectivity index (χ0v) is 16.8. The lowest BCUT2D eigenvalue weighted by atomic mass is 10.1. The van der Waals surface area contributed by atoms with Gasteiger partial charge in [0, 0.05) is 0 Å². The number of halogens is 6. The van der Waals surface area contributed by atoms with Crippen LogP contribution in [0.2, 0.25) is 0 Å². The van der Waals surface area contributed by atoms with E-state index < -0.39 is 32.9 Å². The predicted octanol–water partition coefficient (Wildman–Crippen LogP) is 4.51. The number of rotatable bonds is 3. The number of alkyl halides is 6. The topological polar surface area (TPSA) is 112 Å². The number of anilines is 1. The summed E-state index contributed by atoms with van der Waals surface area (Å²) in [5.74, 6) is 0.128. The summed E-state index contributed by atoms with van der Waals surface area (Å²) < 4.78 is 96.0. The molecule has 1 unspecified atom stereocenters. The molecule has 0 saturated carbocycles. The highest BCUT2D eigenvalue weighted by molar-refractivity contribution is 7.86. The SMILES string of the molecule is CC(Nc1nc2cc(C(F)(F)F)ccc2c(=O)[nH]1)c1ccccc1.O=S(=O)(O)C(F)(F)F. The maximum absolute atomic E-state index is 12.8. The first-order chi connectivity index (χ1) is 14.6. The van der Waals surface area contributed by atoms with Crippen LogP contribution >= 0.6 is 0 Å². The maximum Gasteiger partial charge on any atom is 0.522 e. The Hall–Kier alpha value is -3.13. The Balaban J connectivity index is 0.000000390. The smallest absolute Gasteiger partial charge is 0.349 e. The monoisotopic (exact) mass is 483 g/mol. The third kappa shape index (κ3) is 6.43. The molecule has 1 atom stereocenters. The van der Waals surface area contributed by atoms with Gasteiger partial charge in [0.25, 0.3) is 5.56 Å². The molecule has 7 nitrogen and oxygen atoms in total. The first kappa shape index (κ1) is 25.1. The van der Waals surface area contributed by atoms with E-state index in [-0.39, 0.29) is 22.9 Å². The minimum absolute atomic E-state index is 0.00339. The van der Waals surface area contributed by atoms with Gasteiger partial charge < -0.3 is 5.32 Å². The second-order valence-electron chi connectivity index (χ2n) is 6.34. The normalized spacial score (nSPS) is 13.2. The lowest BCUT2D eigenvalue weighted by Crippen LogP contribution is -2.21. The number of fused-ring (bicyclic) bond motifs is 1. The van der Waals surface area contributed by atoms with Gasteiger partial charge in [-0.2, -0.15) is 34.8 Å². The summed E-state index contributed by atoms with van der Waals surface area (Å²) in [5.41, 5.74) is -5.90. The molecule has 0 fully saturated rings. The highest BCUT2D eigenvalue weighted by Crippen LogP contribution is 2.30. The maximum atomic E-state index is 12.8. The molecular formula is C18H15F6N3O4S. The number of H-pyrrole nitrogens is 1. The van der Waals surface area contributed by atoms with Crippen molar-refractivity contribution in [2.75, 3.05) is 5.32 Å². The molecule has 0 radical (unpaired) electrons. The molecule has 174 valence electrons. The molecule has 1 aromatic heterocycles. The molecule has 3 N–H and O–H groups in total. The van der Waals surface area contributed by atoms with E-state index in [9.17, 15) is 31.1 Å². The van der Waals surface area contributed by atoms with Crippen LogP contribution < -0.4 is 10.9 Å². The molecule has 1 heterocycles. The average Bonchev–Trinajstić information content (AvgIpc) is 2.66. The molecule has 14 heteroatoms. The first-order valence-electron chi connectivity index (χ1n) is 8.56. The Morgan fingerprint density at radius 1 is 1.03 bits per heavy atom. The summed E-state index contributed by atoms with van der Waals surface area (Å²) in [5, 5.41) is 3.11. The number of hydrogen-bond acceptors (Lipinski definition) is 5. The number of aromatic nitrogens is 2. The first-order valence-corrected chi connectivity index (χ1v) is 10.00. The molecule has 0 amide bonds. The molecule has 32 heavy (non-hydrogen) atoms. The minimum Gasteiger partial charge on any atom is -0.349 e. The molecule has 2 aromatic carbocycles. The quantitative estimate of drug-likeness (QED) is 0.287. The van der Waals surface area contributed by atoms with Gasteiger partial charge in [0.2, 0.25) is 5.95 Å². The summed E-state index contributed by atoms with van der Waals surface area (Å²) in [4.78, 5) is 18.7. The Labute approximate surface area is 176 Å². The van der Waals surface area contributed by atoms with E-state index in [0.717, 1.165) is 23.8 Å². The van der Waals surface area contributed by atoms with E-state index in [4.69, 9.17) is 13.0 Å². The molecular weight excluding hydrogens is 468 g/mol. The second-order valence-corrected chi connectivity index (χ2v) is 7.75. The zero-order valence-electron chi connectivity index (χ0n) is 16.0. The lowest BCUT2D eigenvalue weighted by Gasteiger charge is -2.15. The van der Waals surface area contributed by atoms with Crippen LogP contribution in [-0.4, -0.2) is 28.4 Å². The van der Waals surface area contributed by atoms with Gasteiger partial charge in [-0.25, -0.2) is 4.98 Å². The summed E-state index contributed by atoms with van der Waals surface area (Å²) in [6, 6.07) is 12.1. The van der Waals surface area contributed by atoms with Crippen molar-refractivity contribution < 1.29 is 39.3 Å². The zero-order chi connectivity index (χ0) is 24.3. The molecule has 0 saturated heterocycles. The standard InChI is InChI=1S/C17H14F3N3O.CHF3O3S/c1-10(11-5-3-2-4-6-11)21-16-22-14-9-12(17(18,19)20)7-8-13(14)15(24)23-16;2-1(3,4)8(5,6)7/h2-10H,1H3,(H2,21,22,23,24);(H,5,6,7).